The highest BCUT2D eigenvalue weighted by atomic mass is 32.1. The van der Waals surface area contributed by atoms with Gasteiger partial charge in [-0.3, -0.25) is 0 Å². The molecule has 0 aliphatic carbocycles. The average molecular weight is 191 g/mol. The number of hydrogen-bond acceptors (Lipinski definition) is 3. The Kier molecular flexibility index (Phi) is 2.33. The zero-order chi connectivity index (χ0) is 9.10. The number of aromatic nitrogens is 2. The molecule has 1 aromatic carbocycles. The lowest BCUT2D eigenvalue weighted by molar-refractivity contribution is 0.177. The molecule has 1 aromatic heterocycles. The third kappa shape index (κ3) is 1.74. The van der Waals surface area contributed by atoms with E-state index in [1.165, 1.54) is 11.5 Å². The molecular formula is C9H7N2OS. The Morgan fingerprint density at radius 3 is 2.54 bits per heavy atom. The van der Waals surface area contributed by atoms with Crippen molar-refractivity contribution in [1.29, 1.82) is 0 Å². The van der Waals surface area contributed by atoms with Gasteiger partial charge in [-0.15, -0.1) is 5.10 Å². The van der Waals surface area contributed by atoms with Crippen molar-refractivity contribution in [3.63, 3.8) is 0 Å². The minimum absolute atomic E-state index is 0.171. The molecule has 3 nitrogen and oxygen atoms in total. The van der Waals surface area contributed by atoms with E-state index >= 15 is 0 Å². The molecule has 0 bridgehead atoms. The second-order valence-electron chi connectivity index (χ2n) is 2.63. The average Bonchev–Trinajstić information content (AvgIpc) is 2.71. The molecule has 1 heterocycles. The summed E-state index contributed by atoms with van der Waals surface area (Å²) >= 11 is 1.32. The van der Waals surface area contributed by atoms with Gasteiger partial charge in [0.1, 0.15) is 12.3 Å². The summed E-state index contributed by atoms with van der Waals surface area (Å²) in [6.45, 7) is -0.171. The monoisotopic (exact) mass is 191 g/mol. The molecule has 65 valence electrons. The lowest BCUT2D eigenvalue weighted by Crippen LogP contribution is -1.82. The van der Waals surface area contributed by atoms with Crippen LogP contribution >= 0.6 is 11.5 Å². The maximum absolute atomic E-state index is 10.5. The quantitative estimate of drug-likeness (QED) is 0.730. The van der Waals surface area contributed by atoms with Crippen molar-refractivity contribution >= 4 is 11.5 Å². The van der Waals surface area contributed by atoms with Crippen LogP contribution in [-0.4, -0.2) is 9.59 Å². The third-order valence-corrected chi connectivity index (χ3v) is 2.28. The summed E-state index contributed by atoms with van der Waals surface area (Å²) in [5.74, 6) is 0. The van der Waals surface area contributed by atoms with Crippen molar-refractivity contribution < 1.29 is 5.11 Å². The summed E-state index contributed by atoms with van der Waals surface area (Å²) in [5, 5.41) is 16.3. The van der Waals surface area contributed by atoms with Crippen molar-refractivity contribution in [3.8, 4) is 11.3 Å². The van der Waals surface area contributed by atoms with E-state index in [1.807, 2.05) is 29.6 Å². The first-order valence-electron chi connectivity index (χ1n) is 3.84. The Labute approximate surface area is 79.8 Å². The van der Waals surface area contributed by atoms with Crippen molar-refractivity contribution in [2.45, 2.75) is 6.61 Å². The minimum Gasteiger partial charge on any atom is -0.232 e. The summed E-state index contributed by atoms with van der Waals surface area (Å²) < 4.78 is 3.77. The number of hydrogen-bond donors (Lipinski definition) is 0. The SMILES string of the molecule is [O]Cc1ccc(-c2csnn2)cc1. The highest BCUT2D eigenvalue weighted by molar-refractivity contribution is 7.03. The highest BCUT2D eigenvalue weighted by Gasteiger charge is 1.99. The molecular weight excluding hydrogens is 184 g/mol. The van der Waals surface area contributed by atoms with Crippen LogP contribution in [0.2, 0.25) is 0 Å². The summed E-state index contributed by atoms with van der Waals surface area (Å²) in [6.07, 6.45) is 0. The molecule has 0 saturated heterocycles. The van der Waals surface area contributed by atoms with Crippen LogP contribution in [0.1, 0.15) is 5.56 Å². The molecule has 4 heteroatoms. The Hall–Kier alpha value is -1.26. The van der Waals surface area contributed by atoms with E-state index in [9.17, 15) is 5.11 Å². The molecule has 0 saturated carbocycles. The van der Waals surface area contributed by atoms with Gasteiger partial charge < -0.3 is 0 Å². The van der Waals surface area contributed by atoms with E-state index in [2.05, 4.69) is 9.59 Å². The normalized spacial score (nSPS) is 10.2. The largest absolute Gasteiger partial charge is 0.232 e. The molecule has 13 heavy (non-hydrogen) atoms. The number of benzene rings is 1. The van der Waals surface area contributed by atoms with Gasteiger partial charge in [0, 0.05) is 10.9 Å². The van der Waals surface area contributed by atoms with Gasteiger partial charge in [0.15, 0.2) is 0 Å². The maximum atomic E-state index is 10.5. The van der Waals surface area contributed by atoms with Crippen LogP contribution in [-0.2, 0) is 11.7 Å². The van der Waals surface area contributed by atoms with Gasteiger partial charge in [0.2, 0.25) is 0 Å². The van der Waals surface area contributed by atoms with Gasteiger partial charge in [-0.25, -0.2) is 5.11 Å². The first kappa shape index (κ1) is 8.34. The number of rotatable bonds is 2. The van der Waals surface area contributed by atoms with Crippen LogP contribution in [0.15, 0.2) is 29.6 Å². The Balaban J connectivity index is 2.33. The fourth-order valence-electron chi connectivity index (χ4n) is 1.06. The first-order valence-corrected chi connectivity index (χ1v) is 4.68. The summed E-state index contributed by atoms with van der Waals surface area (Å²) in [5.41, 5.74) is 2.67. The van der Waals surface area contributed by atoms with Crippen LogP contribution in [0.4, 0.5) is 0 Å². The maximum Gasteiger partial charge on any atom is 0.107 e. The summed E-state index contributed by atoms with van der Waals surface area (Å²) in [7, 11) is 0. The van der Waals surface area contributed by atoms with Crippen molar-refractivity contribution in [3.05, 3.63) is 35.2 Å². The third-order valence-electron chi connectivity index (χ3n) is 1.78. The highest BCUT2D eigenvalue weighted by Crippen LogP contribution is 2.17. The second kappa shape index (κ2) is 3.64. The van der Waals surface area contributed by atoms with E-state index < -0.39 is 0 Å². The van der Waals surface area contributed by atoms with Crippen LogP contribution in [0, 0.1) is 0 Å². The van der Waals surface area contributed by atoms with Gasteiger partial charge in [-0.2, -0.15) is 0 Å². The van der Waals surface area contributed by atoms with Crippen LogP contribution in [0.3, 0.4) is 0 Å². The van der Waals surface area contributed by atoms with Crippen molar-refractivity contribution in [2.75, 3.05) is 0 Å². The Morgan fingerprint density at radius 2 is 2.00 bits per heavy atom. The molecule has 0 fully saturated rings. The van der Waals surface area contributed by atoms with Gasteiger partial charge in [0.05, 0.1) is 0 Å². The predicted molar refractivity (Wildman–Crippen MR) is 49.7 cm³/mol. The molecule has 0 spiro atoms. The summed E-state index contributed by atoms with van der Waals surface area (Å²) in [6, 6.07) is 7.43. The van der Waals surface area contributed by atoms with Crippen LogP contribution in [0.5, 0.6) is 0 Å². The van der Waals surface area contributed by atoms with E-state index in [0.29, 0.717) is 0 Å². The molecule has 0 unspecified atom stereocenters. The first-order chi connectivity index (χ1) is 6.40. The van der Waals surface area contributed by atoms with E-state index in [1.54, 1.807) is 0 Å². The lowest BCUT2D eigenvalue weighted by Gasteiger charge is -1.96. The van der Waals surface area contributed by atoms with Crippen LogP contribution < -0.4 is 0 Å². The van der Waals surface area contributed by atoms with Crippen molar-refractivity contribution in [1.82, 2.24) is 9.59 Å². The fourth-order valence-corrected chi connectivity index (χ4v) is 1.53. The van der Waals surface area contributed by atoms with Gasteiger partial charge in [-0.05, 0) is 17.1 Å². The molecule has 2 aromatic rings. The molecule has 0 atom stereocenters. The van der Waals surface area contributed by atoms with E-state index in [4.69, 9.17) is 0 Å². The Morgan fingerprint density at radius 1 is 1.23 bits per heavy atom. The van der Waals surface area contributed by atoms with Gasteiger partial charge in [0.25, 0.3) is 0 Å². The molecule has 0 aliphatic heterocycles. The van der Waals surface area contributed by atoms with E-state index in [-0.39, 0.29) is 6.61 Å². The topological polar surface area (TPSA) is 45.7 Å². The zero-order valence-corrected chi connectivity index (χ0v) is 7.62. The zero-order valence-electron chi connectivity index (χ0n) is 6.80. The minimum atomic E-state index is -0.171. The molecule has 0 N–H and O–H groups in total. The predicted octanol–water partition coefficient (Wildman–Crippen LogP) is 2.14. The lowest BCUT2D eigenvalue weighted by atomic mass is 10.1. The standard InChI is InChI=1S/C9H7N2OS/c12-5-7-1-3-8(4-2-7)9-6-13-11-10-9/h1-4,6H,5H2. The van der Waals surface area contributed by atoms with Crippen LogP contribution in [0.25, 0.3) is 11.3 Å². The molecule has 1 radical (unpaired) electrons. The fraction of sp³-hybridized carbons (Fsp3) is 0.111. The number of nitrogens with zero attached hydrogens (tertiary/aromatic N) is 2. The summed E-state index contributed by atoms with van der Waals surface area (Å²) in [4.78, 5) is 0. The molecule has 0 amide bonds. The van der Waals surface area contributed by atoms with Gasteiger partial charge >= 0.3 is 0 Å². The molecule has 2 rings (SSSR count). The second-order valence-corrected chi connectivity index (χ2v) is 3.24. The molecule has 0 aliphatic rings. The van der Waals surface area contributed by atoms with Gasteiger partial charge in [-0.1, -0.05) is 28.8 Å². The smallest absolute Gasteiger partial charge is 0.107 e. The Bertz CT molecular complexity index is 369. The van der Waals surface area contributed by atoms with E-state index in [0.717, 1.165) is 16.8 Å². The van der Waals surface area contributed by atoms with Crippen molar-refractivity contribution in [2.24, 2.45) is 0 Å².